The van der Waals surface area contributed by atoms with Crippen molar-refractivity contribution in [2.75, 3.05) is 33.0 Å². The van der Waals surface area contributed by atoms with Crippen LogP contribution in [0.3, 0.4) is 0 Å². The molecule has 0 fully saturated rings. The Balaban J connectivity index is 4.00. The number of rotatable bonds is 52. The Labute approximate surface area is 378 Å². The lowest BCUT2D eigenvalue weighted by Gasteiger charge is -2.20. The van der Waals surface area contributed by atoms with E-state index in [2.05, 4.69) is 13.8 Å². The Morgan fingerprint density at radius 1 is 0.443 bits per heavy atom. The predicted molar refractivity (Wildman–Crippen MR) is 256 cm³/mol. The van der Waals surface area contributed by atoms with Crippen LogP contribution >= 0.6 is 7.82 Å². The number of hydrogen-bond acceptors (Lipinski definition) is 8. The Kier molecular flexibility index (Phi) is 48.5. The van der Waals surface area contributed by atoms with Gasteiger partial charge in [0.25, 0.3) is 0 Å². The van der Waals surface area contributed by atoms with Crippen LogP contribution in [0.4, 0.5) is 0 Å². The van der Waals surface area contributed by atoms with Crippen molar-refractivity contribution in [3.8, 4) is 0 Å². The summed E-state index contributed by atoms with van der Waals surface area (Å²) in [7, 11) is -4.52. The summed E-state index contributed by atoms with van der Waals surface area (Å²) in [5, 5.41) is 18.4. The van der Waals surface area contributed by atoms with Gasteiger partial charge in [-0.1, -0.05) is 258 Å². The largest absolute Gasteiger partial charge is 0.472 e. The fraction of sp³-hybridized carbons (Fsp3) is 0.980. The lowest BCUT2D eigenvalue weighted by Crippen LogP contribution is -2.29. The minimum atomic E-state index is -4.52. The quantitative estimate of drug-likeness (QED) is 0.0310. The molecule has 9 nitrogen and oxygen atoms in total. The molecular formula is C51H103O9P. The predicted octanol–water partition coefficient (Wildman–Crippen LogP) is 15.4. The highest BCUT2D eigenvalue weighted by atomic mass is 31.2. The van der Waals surface area contributed by atoms with E-state index in [1.54, 1.807) is 0 Å². The van der Waals surface area contributed by atoms with Crippen molar-refractivity contribution in [3.05, 3.63) is 0 Å². The molecule has 1 unspecified atom stereocenters. The van der Waals surface area contributed by atoms with E-state index in [-0.39, 0.29) is 25.6 Å². The van der Waals surface area contributed by atoms with Crippen molar-refractivity contribution in [1.82, 2.24) is 0 Å². The van der Waals surface area contributed by atoms with E-state index in [1.807, 2.05) is 0 Å². The second kappa shape index (κ2) is 48.9. The molecule has 0 aliphatic rings. The van der Waals surface area contributed by atoms with Crippen molar-refractivity contribution in [2.24, 2.45) is 0 Å². The third-order valence-electron chi connectivity index (χ3n) is 12.0. The van der Waals surface area contributed by atoms with Gasteiger partial charge in [0.15, 0.2) is 0 Å². The Bertz CT molecular complexity index is 922. The molecule has 0 spiro atoms. The van der Waals surface area contributed by atoms with Crippen LogP contribution in [0.15, 0.2) is 0 Å². The number of aliphatic hydroxyl groups excluding tert-OH is 2. The molecule has 0 saturated carbocycles. The number of hydrogen-bond donors (Lipinski definition) is 3. The average Bonchev–Trinajstić information content (AvgIpc) is 3.25. The number of aliphatic hydroxyl groups is 2. The SMILES string of the molecule is CCCCCCCCCCCCCCCCCCCCCCOC[C@H](COP(=O)(O)OC[C@@H](O)CO)OC(=O)CCCCCCCCCCCCCCCCCCCCCC. The molecule has 366 valence electrons. The minimum absolute atomic E-state index is 0.0589. The summed E-state index contributed by atoms with van der Waals surface area (Å²) >= 11 is 0. The summed E-state index contributed by atoms with van der Waals surface area (Å²) in [6, 6.07) is 0. The van der Waals surface area contributed by atoms with E-state index in [9.17, 15) is 19.4 Å². The Hall–Kier alpha value is -0.540. The fourth-order valence-corrected chi connectivity index (χ4v) is 8.80. The molecule has 0 aromatic heterocycles. The molecule has 0 aliphatic carbocycles. The zero-order chi connectivity index (χ0) is 44.6. The number of carbonyl (C=O) groups excluding carboxylic acids is 1. The van der Waals surface area contributed by atoms with E-state index in [0.29, 0.717) is 6.61 Å². The number of phosphoric ester groups is 1. The first-order chi connectivity index (χ1) is 29.8. The van der Waals surface area contributed by atoms with Crippen molar-refractivity contribution >= 4 is 13.8 Å². The van der Waals surface area contributed by atoms with Crippen LogP contribution in [-0.4, -0.2) is 66.3 Å². The zero-order valence-corrected chi connectivity index (χ0v) is 41.3. The molecule has 0 amide bonds. The molecule has 0 aliphatic heterocycles. The topological polar surface area (TPSA) is 132 Å². The first-order valence-corrected chi connectivity index (χ1v) is 28.0. The van der Waals surface area contributed by atoms with Crippen LogP contribution < -0.4 is 0 Å². The van der Waals surface area contributed by atoms with Gasteiger partial charge in [0.05, 0.1) is 26.4 Å². The summed E-state index contributed by atoms with van der Waals surface area (Å²) in [6.07, 6.45) is 50.7. The minimum Gasteiger partial charge on any atom is -0.457 e. The molecule has 61 heavy (non-hydrogen) atoms. The monoisotopic (exact) mass is 891 g/mol. The maximum absolute atomic E-state index is 12.7. The molecule has 0 heterocycles. The molecule has 0 rings (SSSR count). The summed E-state index contributed by atoms with van der Waals surface area (Å²) in [5.74, 6) is -0.372. The van der Waals surface area contributed by atoms with Crippen LogP contribution in [0.2, 0.25) is 0 Å². The summed E-state index contributed by atoms with van der Waals surface area (Å²) in [5.41, 5.74) is 0. The molecule has 0 radical (unpaired) electrons. The number of phosphoric acid groups is 1. The van der Waals surface area contributed by atoms with Crippen LogP contribution in [0.1, 0.15) is 277 Å². The molecule has 3 N–H and O–H groups in total. The first-order valence-electron chi connectivity index (χ1n) is 26.5. The normalized spacial score (nSPS) is 13.7. The third kappa shape index (κ3) is 48.7. The van der Waals surface area contributed by atoms with Gasteiger partial charge in [0.1, 0.15) is 12.2 Å². The summed E-state index contributed by atoms with van der Waals surface area (Å²) in [4.78, 5) is 22.7. The summed E-state index contributed by atoms with van der Waals surface area (Å²) in [6.45, 7) is 3.61. The van der Waals surface area contributed by atoms with E-state index >= 15 is 0 Å². The highest BCUT2D eigenvalue weighted by Gasteiger charge is 2.26. The Morgan fingerprint density at radius 2 is 0.738 bits per heavy atom. The number of esters is 1. The third-order valence-corrected chi connectivity index (χ3v) is 13.0. The van der Waals surface area contributed by atoms with Gasteiger partial charge in [0, 0.05) is 13.0 Å². The summed E-state index contributed by atoms with van der Waals surface area (Å²) < 4.78 is 33.6. The average molecular weight is 891 g/mol. The standard InChI is InChI=1S/C51H103O9P/c1-3-5-7-9-11-13-15-17-19-21-23-25-27-29-31-33-35-37-39-41-43-51(54)60-50(48-59-61(55,56)58-46-49(53)45-52)47-57-44-42-40-38-36-34-32-30-28-26-24-22-20-18-16-14-12-10-8-6-4-2/h49-50,52-53H,3-48H2,1-2H3,(H,55,56)/t49-,50+/m0/s1. The van der Waals surface area contributed by atoms with E-state index in [0.717, 1.165) is 32.1 Å². The van der Waals surface area contributed by atoms with Gasteiger partial charge in [-0.05, 0) is 12.8 Å². The second-order valence-electron chi connectivity index (χ2n) is 18.3. The van der Waals surface area contributed by atoms with Crippen molar-refractivity contribution < 1.29 is 43.0 Å². The van der Waals surface area contributed by atoms with Crippen molar-refractivity contribution in [1.29, 1.82) is 0 Å². The number of unbranched alkanes of at least 4 members (excludes halogenated alkanes) is 38. The maximum atomic E-state index is 12.7. The van der Waals surface area contributed by atoms with Gasteiger partial charge in [-0.25, -0.2) is 4.57 Å². The van der Waals surface area contributed by atoms with Gasteiger partial charge >= 0.3 is 13.8 Å². The van der Waals surface area contributed by atoms with Crippen LogP contribution in [-0.2, 0) is 27.9 Å². The van der Waals surface area contributed by atoms with Crippen LogP contribution in [0, 0.1) is 0 Å². The molecule has 0 aromatic rings. The maximum Gasteiger partial charge on any atom is 0.472 e. The highest BCUT2D eigenvalue weighted by Crippen LogP contribution is 2.43. The van der Waals surface area contributed by atoms with E-state index in [1.165, 1.54) is 225 Å². The highest BCUT2D eigenvalue weighted by molar-refractivity contribution is 7.47. The molecule has 0 bridgehead atoms. The number of carbonyl (C=O) groups is 1. The van der Waals surface area contributed by atoms with Gasteiger partial charge in [-0.2, -0.15) is 0 Å². The number of ether oxygens (including phenoxy) is 2. The van der Waals surface area contributed by atoms with Crippen molar-refractivity contribution in [3.63, 3.8) is 0 Å². The van der Waals surface area contributed by atoms with Crippen LogP contribution in [0.25, 0.3) is 0 Å². The van der Waals surface area contributed by atoms with E-state index < -0.39 is 33.2 Å². The zero-order valence-electron chi connectivity index (χ0n) is 40.4. The van der Waals surface area contributed by atoms with Crippen molar-refractivity contribution in [2.45, 2.75) is 289 Å². The van der Waals surface area contributed by atoms with Gasteiger partial charge in [-0.15, -0.1) is 0 Å². The smallest absolute Gasteiger partial charge is 0.457 e. The lowest BCUT2D eigenvalue weighted by molar-refractivity contribution is -0.154. The second-order valence-corrected chi connectivity index (χ2v) is 19.7. The molecule has 3 atom stereocenters. The molecule has 0 aromatic carbocycles. The van der Waals surface area contributed by atoms with Gasteiger partial charge in [-0.3, -0.25) is 13.8 Å². The Morgan fingerprint density at radius 3 is 1.07 bits per heavy atom. The van der Waals surface area contributed by atoms with Crippen LogP contribution in [0.5, 0.6) is 0 Å². The molecule has 10 heteroatoms. The lowest BCUT2D eigenvalue weighted by atomic mass is 10.0. The van der Waals surface area contributed by atoms with Gasteiger partial charge < -0.3 is 24.6 Å². The molecule has 0 saturated heterocycles. The van der Waals surface area contributed by atoms with Gasteiger partial charge in [0.2, 0.25) is 0 Å². The fourth-order valence-electron chi connectivity index (χ4n) is 8.01. The van der Waals surface area contributed by atoms with E-state index in [4.69, 9.17) is 23.6 Å². The first kappa shape index (κ1) is 60.5. The molecular weight excluding hydrogens is 788 g/mol.